The minimum atomic E-state index is 0.500. The van der Waals surface area contributed by atoms with Crippen LogP contribution in [0.25, 0.3) is 5.41 Å². The van der Waals surface area contributed by atoms with Crippen LogP contribution < -0.4 is 0 Å². The van der Waals surface area contributed by atoms with Gasteiger partial charge in [0.25, 0.3) is 0 Å². The van der Waals surface area contributed by atoms with Crippen molar-refractivity contribution in [2.75, 3.05) is 0 Å². The lowest BCUT2D eigenvalue weighted by Crippen LogP contribution is -1.83. The van der Waals surface area contributed by atoms with Crippen LogP contribution in [-0.2, 0) is 4.79 Å². The van der Waals surface area contributed by atoms with Gasteiger partial charge in [-0.3, -0.25) is 4.79 Å². The predicted molar refractivity (Wildman–Crippen MR) is 49.6 cm³/mol. The van der Waals surface area contributed by atoms with E-state index in [9.17, 15) is 0 Å². The van der Waals surface area contributed by atoms with E-state index in [1.54, 1.807) is 0 Å². The van der Waals surface area contributed by atoms with E-state index in [0.29, 0.717) is 12.0 Å². The van der Waals surface area contributed by atoms with Gasteiger partial charge >= 0.3 is 0 Å². The van der Waals surface area contributed by atoms with Gasteiger partial charge < -0.3 is 5.41 Å². The zero-order valence-corrected chi connectivity index (χ0v) is 7.32. The van der Waals surface area contributed by atoms with Crippen LogP contribution in [0.15, 0.2) is 30.3 Å². The van der Waals surface area contributed by atoms with Gasteiger partial charge in [-0.1, -0.05) is 44.2 Å². The summed E-state index contributed by atoms with van der Waals surface area (Å²) < 4.78 is 0. The summed E-state index contributed by atoms with van der Waals surface area (Å²) in [5.41, 5.74) is 1.41. The average Bonchev–Trinajstić information content (AvgIpc) is 2.07. The van der Waals surface area contributed by atoms with Crippen LogP contribution in [0, 0.1) is 0 Å². The number of hydrogen-bond acceptors (Lipinski definition) is 1. The van der Waals surface area contributed by atoms with Crippen molar-refractivity contribution < 1.29 is 4.79 Å². The number of hydrogen-bond donors (Lipinski definition) is 0. The van der Waals surface area contributed by atoms with Gasteiger partial charge in [0.05, 0.1) is 0 Å². The summed E-state index contributed by atoms with van der Waals surface area (Å²) in [6.45, 7) is 4.41. The minimum Gasteiger partial charge on any atom is -0.724 e. The molecule has 0 aromatic heterocycles. The molecule has 0 bridgehead atoms. The van der Waals surface area contributed by atoms with Crippen LogP contribution >= 0.6 is 0 Å². The molecule has 12 heavy (non-hydrogen) atoms. The molecule has 0 amide bonds. The van der Waals surface area contributed by atoms with Gasteiger partial charge in [-0.05, 0) is 17.6 Å². The minimum absolute atomic E-state index is 0.500. The van der Waals surface area contributed by atoms with Gasteiger partial charge in [0.15, 0.2) is 0 Å². The molecule has 1 rings (SSSR count). The first-order valence-electron chi connectivity index (χ1n) is 3.78. The molecule has 0 N–H and O–H groups in total. The van der Waals surface area contributed by atoms with Crippen LogP contribution in [0.2, 0.25) is 0 Å². The Labute approximate surface area is 72.7 Å². The molecule has 0 aliphatic carbocycles. The standard InChI is InChI=1S/C9H12.CNO/c1-8(2)9-6-4-3-5-7-9;2-1-3/h3-8H,1-2H3;/q;-1. The van der Waals surface area contributed by atoms with Gasteiger partial charge in [-0.2, -0.15) is 0 Å². The summed E-state index contributed by atoms with van der Waals surface area (Å²) in [5.74, 6) is 0.659. The highest BCUT2D eigenvalue weighted by molar-refractivity contribution is 5.36. The molecule has 1 aromatic rings. The number of benzene rings is 1. The summed E-state index contributed by atoms with van der Waals surface area (Å²) >= 11 is 0. The Bertz CT molecular complexity index is 235. The Hall–Kier alpha value is -1.40. The normalized spacial score (nSPS) is 8.25. The summed E-state index contributed by atoms with van der Waals surface area (Å²) in [6.07, 6.45) is 0.500. The largest absolute Gasteiger partial charge is 0.724 e. The Morgan fingerprint density at radius 3 is 1.92 bits per heavy atom. The molecule has 2 nitrogen and oxygen atoms in total. The van der Waals surface area contributed by atoms with Gasteiger partial charge in [0.2, 0.25) is 0 Å². The van der Waals surface area contributed by atoms with E-state index in [1.165, 1.54) is 5.56 Å². The molecule has 0 heterocycles. The first kappa shape index (κ1) is 10.6. The monoisotopic (exact) mass is 162 g/mol. The van der Waals surface area contributed by atoms with Crippen molar-refractivity contribution in [2.24, 2.45) is 0 Å². The topological polar surface area (TPSA) is 39.4 Å². The molecule has 0 atom stereocenters. The van der Waals surface area contributed by atoms with Crippen LogP contribution in [0.5, 0.6) is 0 Å². The molecule has 0 aliphatic heterocycles. The van der Waals surface area contributed by atoms with Crippen molar-refractivity contribution in [2.45, 2.75) is 19.8 Å². The molecule has 0 fully saturated rings. The van der Waals surface area contributed by atoms with Crippen LogP contribution in [-0.4, -0.2) is 6.08 Å². The third-order valence-corrected chi connectivity index (χ3v) is 1.47. The van der Waals surface area contributed by atoms with Gasteiger partial charge in [-0.15, -0.1) is 0 Å². The summed E-state index contributed by atoms with van der Waals surface area (Å²) in [4.78, 5) is 8.24. The molecule has 2 heteroatoms. The predicted octanol–water partition coefficient (Wildman–Crippen LogP) is 2.70. The van der Waals surface area contributed by atoms with Gasteiger partial charge in [0, 0.05) is 0 Å². The average molecular weight is 162 g/mol. The fourth-order valence-corrected chi connectivity index (χ4v) is 0.838. The quantitative estimate of drug-likeness (QED) is 0.462. The Morgan fingerprint density at radius 1 is 1.25 bits per heavy atom. The molecule has 1 aromatic carbocycles. The molecular weight excluding hydrogens is 150 g/mol. The van der Waals surface area contributed by atoms with E-state index < -0.39 is 0 Å². The second-order valence-corrected chi connectivity index (χ2v) is 2.66. The maximum atomic E-state index is 8.24. The van der Waals surface area contributed by atoms with E-state index in [0.717, 1.165) is 0 Å². The number of carbonyl (C=O) groups excluding carboxylic acids is 1. The second kappa shape index (κ2) is 6.32. The Balaban J connectivity index is 0.000000354. The van der Waals surface area contributed by atoms with Crippen molar-refractivity contribution in [3.63, 3.8) is 0 Å². The third kappa shape index (κ3) is 4.42. The fourth-order valence-electron chi connectivity index (χ4n) is 0.838. The van der Waals surface area contributed by atoms with Crippen molar-refractivity contribution in [3.8, 4) is 0 Å². The van der Waals surface area contributed by atoms with E-state index in [1.807, 2.05) is 6.07 Å². The second-order valence-electron chi connectivity index (χ2n) is 2.66. The molecule has 0 unspecified atom stereocenters. The van der Waals surface area contributed by atoms with Crippen LogP contribution in [0.3, 0.4) is 0 Å². The van der Waals surface area contributed by atoms with Gasteiger partial charge in [0.1, 0.15) is 0 Å². The number of isocyanates is 1. The smallest absolute Gasteiger partial charge is 0.0159 e. The third-order valence-electron chi connectivity index (χ3n) is 1.47. The van der Waals surface area contributed by atoms with Crippen molar-refractivity contribution >= 4 is 6.08 Å². The zero-order valence-electron chi connectivity index (χ0n) is 7.32. The Kier molecular flexibility index (Phi) is 5.58. The fraction of sp³-hybridized carbons (Fsp3) is 0.300. The SMILES string of the molecule is CC(C)c1ccccc1.[N-]=C=O. The van der Waals surface area contributed by atoms with Crippen LogP contribution in [0.1, 0.15) is 25.3 Å². The lowest BCUT2D eigenvalue weighted by atomic mass is 10.0. The highest BCUT2D eigenvalue weighted by Crippen LogP contribution is 2.11. The van der Waals surface area contributed by atoms with Crippen molar-refractivity contribution in [1.29, 1.82) is 0 Å². The molecule has 0 saturated heterocycles. The first-order valence-corrected chi connectivity index (χ1v) is 3.78. The lowest BCUT2D eigenvalue weighted by molar-refractivity contribution is 0.569. The summed E-state index contributed by atoms with van der Waals surface area (Å²) in [5, 5.41) is 6.76. The van der Waals surface area contributed by atoms with E-state index in [-0.39, 0.29) is 0 Å². The zero-order chi connectivity index (χ0) is 9.40. The summed E-state index contributed by atoms with van der Waals surface area (Å²) in [7, 11) is 0. The van der Waals surface area contributed by atoms with Crippen molar-refractivity contribution in [3.05, 3.63) is 41.3 Å². The summed E-state index contributed by atoms with van der Waals surface area (Å²) in [6, 6.07) is 10.5. The molecule has 0 aliphatic rings. The molecule has 64 valence electrons. The maximum Gasteiger partial charge on any atom is -0.0159 e. The molecule has 0 saturated carbocycles. The van der Waals surface area contributed by atoms with Gasteiger partial charge in [-0.25, -0.2) is 0 Å². The molecule has 0 radical (unpaired) electrons. The first-order chi connectivity index (χ1) is 5.72. The molecular formula is C10H12NO-. The lowest BCUT2D eigenvalue weighted by Gasteiger charge is -2.01. The van der Waals surface area contributed by atoms with E-state index >= 15 is 0 Å². The highest BCUT2D eigenvalue weighted by Gasteiger charge is 1.93. The van der Waals surface area contributed by atoms with Crippen molar-refractivity contribution in [1.82, 2.24) is 0 Å². The number of nitrogens with zero attached hydrogens (tertiary/aromatic N) is 1. The molecule has 0 spiro atoms. The van der Waals surface area contributed by atoms with E-state index in [4.69, 9.17) is 10.2 Å². The van der Waals surface area contributed by atoms with E-state index in [2.05, 4.69) is 38.1 Å². The highest BCUT2D eigenvalue weighted by atomic mass is 16.1. The van der Waals surface area contributed by atoms with Crippen LogP contribution in [0.4, 0.5) is 0 Å². The Morgan fingerprint density at radius 2 is 1.67 bits per heavy atom. The maximum absolute atomic E-state index is 8.24. The number of rotatable bonds is 1.